The number of allylic oxidation sites excluding steroid dienone is 3. The van der Waals surface area contributed by atoms with Crippen molar-refractivity contribution in [3.05, 3.63) is 47.8 Å². The van der Waals surface area contributed by atoms with E-state index in [1.54, 1.807) is 17.5 Å². The summed E-state index contributed by atoms with van der Waals surface area (Å²) in [7, 11) is 0. The number of piperidine rings is 1. The van der Waals surface area contributed by atoms with Crippen molar-refractivity contribution in [1.29, 1.82) is 0 Å². The van der Waals surface area contributed by atoms with Crippen LogP contribution in [0.3, 0.4) is 0 Å². The van der Waals surface area contributed by atoms with E-state index in [1.165, 1.54) is 25.3 Å². The van der Waals surface area contributed by atoms with Crippen LogP contribution in [0.2, 0.25) is 0 Å². The summed E-state index contributed by atoms with van der Waals surface area (Å²) in [4.78, 5) is 18.9. The first-order valence-corrected chi connectivity index (χ1v) is 9.73. The average molecular weight is 379 g/mol. The Morgan fingerprint density at radius 3 is 2.86 bits per heavy atom. The van der Waals surface area contributed by atoms with Gasteiger partial charge in [-0.25, -0.2) is 9.51 Å². The molecular weight excluding hydrogens is 354 g/mol. The monoisotopic (exact) mass is 379 g/mol. The van der Waals surface area contributed by atoms with E-state index in [9.17, 15) is 4.79 Å². The third-order valence-electron chi connectivity index (χ3n) is 5.13. The highest BCUT2D eigenvalue weighted by Gasteiger charge is 2.18. The molecule has 0 spiro atoms. The van der Waals surface area contributed by atoms with Gasteiger partial charge in [-0.1, -0.05) is 12.5 Å². The predicted molar refractivity (Wildman–Crippen MR) is 109 cm³/mol. The third-order valence-corrected chi connectivity index (χ3v) is 5.13. The van der Waals surface area contributed by atoms with Gasteiger partial charge in [-0.3, -0.25) is 9.69 Å². The number of nitrogens with two attached hydrogens (primary N) is 1. The molecule has 3 heterocycles. The molecule has 1 aliphatic heterocycles. The summed E-state index contributed by atoms with van der Waals surface area (Å²) in [6.07, 6.45) is 8.81. The van der Waals surface area contributed by atoms with Crippen molar-refractivity contribution in [1.82, 2.24) is 14.5 Å². The normalized spacial score (nSPS) is 19.8. The second kappa shape index (κ2) is 7.98. The van der Waals surface area contributed by atoms with Crippen molar-refractivity contribution >= 4 is 22.7 Å². The molecule has 0 radical (unpaired) electrons. The van der Waals surface area contributed by atoms with Gasteiger partial charge in [-0.2, -0.15) is 0 Å². The summed E-state index contributed by atoms with van der Waals surface area (Å²) in [5.74, 6) is 0.390. The minimum Gasteiger partial charge on any atom is -0.474 e. The Kier molecular flexibility index (Phi) is 5.25. The molecule has 1 fully saturated rings. The van der Waals surface area contributed by atoms with Gasteiger partial charge < -0.3 is 10.5 Å². The standard InChI is InChI=1S/C21H25N5O2/c1-15-13-17(16(22)14-19(15)27)23-20-18-7-3-6-10-26(18)24-21(20)28-12-11-25-8-4-2-5-9-25/h3,6-7,10,13-14H,2,4-5,8-9,11-12,22H2,1H3. The van der Waals surface area contributed by atoms with Crippen LogP contribution in [0.1, 0.15) is 26.2 Å². The maximum atomic E-state index is 11.8. The molecule has 0 aromatic carbocycles. The van der Waals surface area contributed by atoms with Crippen LogP contribution in [0, 0.1) is 0 Å². The number of nitrogens with zero attached hydrogens (tertiary/aromatic N) is 4. The zero-order chi connectivity index (χ0) is 19.5. The Labute approximate surface area is 164 Å². The maximum Gasteiger partial charge on any atom is 0.260 e. The van der Waals surface area contributed by atoms with Crippen LogP contribution in [0.5, 0.6) is 5.88 Å². The molecule has 0 bridgehead atoms. The lowest BCUT2D eigenvalue weighted by Gasteiger charge is -2.25. The number of hydrogen-bond donors (Lipinski definition) is 1. The lowest BCUT2D eigenvalue weighted by Crippen LogP contribution is -2.33. The lowest BCUT2D eigenvalue weighted by atomic mass is 10.0. The first-order chi connectivity index (χ1) is 13.6. The molecule has 0 saturated carbocycles. The average Bonchev–Trinajstić information content (AvgIpc) is 3.04. The number of fused-ring (bicyclic) bond motifs is 1. The van der Waals surface area contributed by atoms with Crippen molar-refractivity contribution in [3.8, 4) is 5.88 Å². The number of carbonyl (C=O) groups excluding carboxylic acids is 1. The molecular formula is C21H25N5O2. The zero-order valence-corrected chi connectivity index (χ0v) is 16.1. The number of ether oxygens (including phenoxy) is 1. The van der Waals surface area contributed by atoms with Crippen LogP contribution in [0.15, 0.2) is 52.8 Å². The highest BCUT2D eigenvalue weighted by molar-refractivity contribution is 6.22. The Bertz CT molecular complexity index is 980. The van der Waals surface area contributed by atoms with Crippen molar-refractivity contribution < 1.29 is 9.53 Å². The second-order valence-corrected chi connectivity index (χ2v) is 7.22. The molecule has 0 amide bonds. The number of ketones is 1. The smallest absolute Gasteiger partial charge is 0.260 e. The number of rotatable bonds is 5. The van der Waals surface area contributed by atoms with Gasteiger partial charge in [-0.05, 0) is 56.6 Å². The van der Waals surface area contributed by atoms with Crippen LogP contribution >= 0.6 is 0 Å². The van der Waals surface area contributed by atoms with Gasteiger partial charge in [0.05, 0.1) is 16.9 Å². The molecule has 28 heavy (non-hydrogen) atoms. The van der Waals surface area contributed by atoms with Gasteiger partial charge in [-0.15, -0.1) is 5.10 Å². The Morgan fingerprint density at radius 2 is 2.04 bits per heavy atom. The minimum atomic E-state index is -0.0886. The Hall–Kier alpha value is -2.93. The summed E-state index contributed by atoms with van der Waals surface area (Å²) in [6, 6.07) is 5.78. The maximum absolute atomic E-state index is 11.8. The molecule has 1 aliphatic carbocycles. The molecule has 0 atom stereocenters. The second-order valence-electron chi connectivity index (χ2n) is 7.22. The quantitative estimate of drug-likeness (QED) is 0.807. The fraction of sp³-hybridized carbons (Fsp3) is 0.381. The highest BCUT2D eigenvalue weighted by atomic mass is 16.5. The van der Waals surface area contributed by atoms with Gasteiger partial charge in [0.15, 0.2) is 11.5 Å². The van der Waals surface area contributed by atoms with Crippen LogP contribution < -0.4 is 10.5 Å². The van der Waals surface area contributed by atoms with Gasteiger partial charge in [0, 0.05) is 18.8 Å². The molecule has 0 unspecified atom stereocenters. The number of likely N-dealkylation sites (tertiary alicyclic amines) is 1. The highest BCUT2D eigenvalue weighted by Crippen LogP contribution is 2.32. The predicted octanol–water partition coefficient (Wildman–Crippen LogP) is 2.64. The first-order valence-electron chi connectivity index (χ1n) is 9.73. The zero-order valence-electron chi connectivity index (χ0n) is 16.1. The minimum absolute atomic E-state index is 0.0886. The number of aliphatic imine (C=N–C) groups is 1. The summed E-state index contributed by atoms with van der Waals surface area (Å²) >= 11 is 0. The Morgan fingerprint density at radius 1 is 1.21 bits per heavy atom. The lowest BCUT2D eigenvalue weighted by molar-refractivity contribution is -0.111. The molecule has 4 rings (SSSR count). The molecule has 2 aromatic rings. The Balaban J connectivity index is 1.61. The van der Waals surface area contributed by atoms with E-state index in [2.05, 4.69) is 10.00 Å². The van der Waals surface area contributed by atoms with E-state index in [0.717, 1.165) is 25.2 Å². The van der Waals surface area contributed by atoms with E-state index in [1.807, 2.05) is 24.4 Å². The molecule has 1 saturated heterocycles. The van der Waals surface area contributed by atoms with Gasteiger partial charge >= 0.3 is 0 Å². The van der Waals surface area contributed by atoms with Crippen molar-refractivity contribution in [2.45, 2.75) is 26.2 Å². The van der Waals surface area contributed by atoms with E-state index >= 15 is 0 Å². The molecule has 7 heteroatoms. The molecule has 2 N–H and O–H groups in total. The SMILES string of the molecule is CC1=CC(=Nc2c(OCCN3CCCCC3)nn3ccccc23)C(N)=CC1=O. The molecule has 2 aliphatic rings. The summed E-state index contributed by atoms with van der Waals surface area (Å²) in [5, 5.41) is 4.54. The summed E-state index contributed by atoms with van der Waals surface area (Å²) in [5.41, 5.74) is 9.00. The van der Waals surface area contributed by atoms with Crippen molar-refractivity contribution in [2.75, 3.05) is 26.2 Å². The van der Waals surface area contributed by atoms with Crippen LogP contribution in [-0.4, -0.2) is 52.3 Å². The molecule has 7 nitrogen and oxygen atoms in total. The topological polar surface area (TPSA) is 85.2 Å². The van der Waals surface area contributed by atoms with Crippen LogP contribution in [0.4, 0.5) is 5.69 Å². The molecule has 2 aromatic heterocycles. The van der Waals surface area contributed by atoms with E-state index in [0.29, 0.717) is 35.2 Å². The summed E-state index contributed by atoms with van der Waals surface area (Å²) < 4.78 is 7.77. The van der Waals surface area contributed by atoms with Gasteiger partial charge in [0.2, 0.25) is 0 Å². The number of hydrogen-bond acceptors (Lipinski definition) is 6. The van der Waals surface area contributed by atoms with Gasteiger partial charge in [0.1, 0.15) is 6.61 Å². The fourth-order valence-corrected chi connectivity index (χ4v) is 3.53. The van der Waals surface area contributed by atoms with E-state index in [4.69, 9.17) is 15.5 Å². The first kappa shape index (κ1) is 18.4. The van der Waals surface area contributed by atoms with Crippen molar-refractivity contribution in [3.63, 3.8) is 0 Å². The van der Waals surface area contributed by atoms with Crippen molar-refractivity contribution in [2.24, 2.45) is 10.7 Å². The number of carbonyl (C=O) groups is 1. The molecule has 146 valence electrons. The number of pyridine rings is 1. The third kappa shape index (κ3) is 3.84. The van der Waals surface area contributed by atoms with E-state index < -0.39 is 0 Å². The van der Waals surface area contributed by atoms with Crippen LogP contribution in [-0.2, 0) is 4.79 Å². The summed E-state index contributed by atoms with van der Waals surface area (Å²) in [6.45, 7) is 5.44. The fourth-order valence-electron chi connectivity index (χ4n) is 3.53. The van der Waals surface area contributed by atoms with Crippen LogP contribution in [0.25, 0.3) is 5.52 Å². The largest absolute Gasteiger partial charge is 0.474 e. The van der Waals surface area contributed by atoms with E-state index in [-0.39, 0.29) is 5.78 Å². The number of aromatic nitrogens is 2. The van der Waals surface area contributed by atoms with Gasteiger partial charge in [0.25, 0.3) is 5.88 Å².